The van der Waals surface area contributed by atoms with Gasteiger partial charge in [-0.15, -0.1) is 0 Å². The number of aliphatic hydroxyl groups excluding tert-OH is 1. The number of aromatic amines is 1. The second-order valence-corrected chi connectivity index (χ2v) is 5.78. The third-order valence-electron chi connectivity index (χ3n) is 4.12. The maximum Gasteiger partial charge on any atom is 0.220 e. The van der Waals surface area contributed by atoms with Gasteiger partial charge in [-0.2, -0.15) is 0 Å². The lowest BCUT2D eigenvalue weighted by molar-refractivity contribution is -0.123. The number of H-pyrrole nitrogens is 1. The van der Waals surface area contributed by atoms with Crippen LogP contribution in [0.2, 0.25) is 0 Å². The predicted molar refractivity (Wildman–Crippen MR) is 78.5 cm³/mol. The monoisotopic (exact) mass is 272 g/mol. The van der Waals surface area contributed by atoms with E-state index in [-0.39, 0.29) is 24.0 Å². The molecule has 0 bridgehead atoms. The van der Waals surface area contributed by atoms with Crippen LogP contribution in [0.15, 0.2) is 30.5 Å². The summed E-state index contributed by atoms with van der Waals surface area (Å²) in [7, 11) is 0. The zero-order valence-corrected chi connectivity index (χ0v) is 11.6. The average Bonchev–Trinajstić information content (AvgIpc) is 2.80. The van der Waals surface area contributed by atoms with Crippen molar-refractivity contribution in [3.63, 3.8) is 0 Å². The molecule has 3 rings (SSSR count). The van der Waals surface area contributed by atoms with Crippen LogP contribution in [0.3, 0.4) is 0 Å². The first-order valence-electron chi connectivity index (χ1n) is 7.17. The van der Waals surface area contributed by atoms with Crippen molar-refractivity contribution in [2.75, 3.05) is 0 Å². The molecule has 1 atom stereocenters. The second-order valence-electron chi connectivity index (χ2n) is 5.78. The first-order chi connectivity index (χ1) is 9.63. The van der Waals surface area contributed by atoms with Gasteiger partial charge >= 0.3 is 0 Å². The summed E-state index contributed by atoms with van der Waals surface area (Å²) in [5, 5.41) is 13.4. The highest BCUT2D eigenvalue weighted by atomic mass is 16.3. The van der Waals surface area contributed by atoms with Crippen molar-refractivity contribution in [1.29, 1.82) is 0 Å². The summed E-state index contributed by atoms with van der Waals surface area (Å²) in [5.74, 6) is 0.246. The summed E-state index contributed by atoms with van der Waals surface area (Å²) in [6, 6.07) is 8.30. The number of aliphatic hydroxyl groups is 1. The van der Waals surface area contributed by atoms with Gasteiger partial charge in [-0.1, -0.05) is 25.1 Å². The highest BCUT2D eigenvalue weighted by molar-refractivity contribution is 5.85. The molecule has 1 aliphatic carbocycles. The number of amides is 1. The number of fused-ring (bicyclic) bond motifs is 1. The van der Waals surface area contributed by atoms with Gasteiger partial charge in [0.2, 0.25) is 5.91 Å². The summed E-state index contributed by atoms with van der Waals surface area (Å²) < 4.78 is 0. The van der Waals surface area contributed by atoms with Crippen LogP contribution in [0.25, 0.3) is 10.9 Å². The van der Waals surface area contributed by atoms with Crippen LogP contribution >= 0.6 is 0 Å². The molecule has 0 spiro atoms. The SMILES string of the molecule is CC(CC(=O)NC1CC(O)C1)c1c[nH]c2ccccc12. The largest absolute Gasteiger partial charge is 0.393 e. The molecule has 1 saturated carbocycles. The molecule has 1 heterocycles. The van der Waals surface area contributed by atoms with Gasteiger partial charge < -0.3 is 15.4 Å². The summed E-state index contributed by atoms with van der Waals surface area (Å²) in [6.07, 6.45) is 3.62. The number of carbonyl (C=O) groups excluding carboxylic acids is 1. The Kier molecular flexibility index (Phi) is 3.49. The maximum atomic E-state index is 12.0. The molecular formula is C16H20N2O2. The third-order valence-corrected chi connectivity index (χ3v) is 4.12. The van der Waals surface area contributed by atoms with E-state index in [0.29, 0.717) is 19.3 Å². The number of benzene rings is 1. The Bertz CT molecular complexity index is 614. The fourth-order valence-electron chi connectivity index (χ4n) is 2.88. The number of hydrogen-bond donors (Lipinski definition) is 3. The lowest BCUT2D eigenvalue weighted by atomic mass is 9.89. The van der Waals surface area contributed by atoms with Crippen LogP contribution in [0, 0.1) is 0 Å². The van der Waals surface area contributed by atoms with Crippen molar-refractivity contribution < 1.29 is 9.90 Å². The number of para-hydroxylation sites is 1. The van der Waals surface area contributed by atoms with E-state index in [1.807, 2.05) is 24.4 Å². The van der Waals surface area contributed by atoms with Crippen molar-refractivity contribution in [3.05, 3.63) is 36.0 Å². The summed E-state index contributed by atoms with van der Waals surface area (Å²) in [6.45, 7) is 2.07. The molecule has 106 valence electrons. The van der Waals surface area contributed by atoms with Gasteiger partial charge in [0.15, 0.2) is 0 Å². The Labute approximate surface area is 118 Å². The van der Waals surface area contributed by atoms with Crippen molar-refractivity contribution in [1.82, 2.24) is 10.3 Å². The smallest absolute Gasteiger partial charge is 0.220 e. The van der Waals surface area contributed by atoms with Crippen LogP contribution in [-0.2, 0) is 4.79 Å². The molecular weight excluding hydrogens is 252 g/mol. The average molecular weight is 272 g/mol. The molecule has 3 N–H and O–H groups in total. The van der Waals surface area contributed by atoms with Crippen LogP contribution in [0.1, 0.15) is 37.7 Å². The standard InChI is InChI=1S/C16H20N2O2/c1-10(6-16(20)18-11-7-12(19)8-11)14-9-17-15-5-3-2-4-13(14)15/h2-5,9-12,17,19H,6-8H2,1H3,(H,18,20). The Balaban J connectivity index is 1.63. The Hall–Kier alpha value is -1.81. The topological polar surface area (TPSA) is 65.1 Å². The molecule has 0 radical (unpaired) electrons. The molecule has 4 heteroatoms. The maximum absolute atomic E-state index is 12.0. The lowest BCUT2D eigenvalue weighted by Crippen LogP contribution is -2.46. The van der Waals surface area contributed by atoms with E-state index < -0.39 is 0 Å². The van der Waals surface area contributed by atoms with Crippen LogP contribution < -0.4 is 5.32 Å². The molecule has 20 heavy (non-hydrogen) atoms. The Morgan fingerprint density at radius 2 is 2.20 bits per heavy atom. The van der Waals surface area contributed by atoms with Gasteiger partial charge in [-0.25, -0.2) is 0 Å². The Morgan fingerprint density at radius 1 is 1.45 bits per heavy atom. The van der Waals surface area contributed by atoms with Crippen molar-refractivity contribution >= 4 is 16.8 Å². The zero-order chi connectivity index (χ0) is 14.1. The summed E-state index contributed by atoms with van der Waals surface area (Å²) in [5.41, 5.74) is 2.29. The van der Waals surface area contributed by atoms with Crippen LogP contribution in [0.5, 0.6) is 0 Å². The number of nitrogens with one attached hydrogen (secondary N) is 2. The minimum atomic E-state index is -0.230. The van der Waals surface area contributed by atoms with Gasteiger partial charge in [0.05, 0.1) is 6.10 Å². The fraction of sp³-hybridized carbons (Fsp3) is 0.438. The van der Waals surface area contributed by atoms with E-state index in [0.717, 1.165) is 5.52 Å². The van der Waals surface area contributed by atoms with E-state index in [1.54, 1.807) is 0 Å². The summed E-state index contributed by atoms with van der Waals surface area (Å²) >= 11 is 0. The fourth-order valence-corrected chi connectivity index (χ4v) is 2.88. The molecule has 1 unspecified atom stereocenters. The highest BCUT2D eigenvalue weighted by Gasteiger charge is 2.28. The molecule has 0 saturated heterocycles. The van der Waals surface area contributed by atoms with Gasteiger partial charge in [0.25, 0.3) is 0 Å². The molecule has 2 aromatic rings. The van der Waals surface area contributed by atoms with Gasteiger partial charge in [0.1, 0.15) is 0 Å². The lowest BCUT2D eigenvalue weighted by Gasteiger charge is -2.32. The van der Waals surface area contributed by atoms with E-state index in [9.17, 15) is 9.90 Å². The van der Waals surface area contributed by atoms with Gasteiger partial charge in [0, 0.05) is 29.6 Å². The zero-order valence-electron chi connectivity index (χ0n) is 11.6. The van der Waals surface area contributed by atoms with E-state index in [2.05, 4.69) is 23.3 Å². The number of hydrogen-bond acceptors (Lipinski definition) is 2. The summed E-state index contributed by atoms with van der Waals surface area (Å²) in [4.78, 5) is 15.2. The molecule has 1 amide bonds. The minimum Gasteiger partial charge on any atom is -0.393 e. The number of aromatic nitrogens is 1. The van der Waals surface area contributed by atoms with E-state index >= 15 is 0 Å². The predicted octanol–water partition coefficient (Wildman–Crippen LogP) is 2.30. The first kappa shape index (κ1) is 13.2. The van der Waals surface area contributed by atoms with Gasteiger partial charge in [-0.3, -0.25) is 4.79 Å². The first-order valence-corrected chi connectivity index (χ1v) is 7.17. The van der Waals surface area contributed by atoms with Crippen molar-refractivity contribution in [3.8, 4) is 0 Å². The van der Waals surface area contributed by atoms with Crippen molar-refractivity contribution in [2.45, 2.75) is 44.2 Å². The normalized spacial score (nSPS) is 23.3. The number of rotatable bonds is 4. The quantitative estimate of drug-likeness (QED) is 0.799. The number of carbonyl (C=O) groups is 1. The van der Waals surface area contributed by atoms with Crippen LogP contribution in [0.4, 0.5) is 0 Å². The van der Waals surface area contributed by atoms with Crippen molar-refractivity contribution in [2.24, 2.45) is 0 Å². The van der Waals surface area contributed by atoms with Crippen LogP contribution in [-0.4, -0.2) is 28.1 Å². The van der Waals surface area contributed by atoms with Gasteiger partial charge in [-0.05, 0) is 30.4 Å². The third kappa shape index (κ3) is 2.56. The highest BCUT2D eigenvalue weighted by Crippen LogP contribution is 2.28. The molecule has 0 aliphatic heterocycles. The molecule has 4 nitrogen and oxygen atoms in total. The minimum absolute atomic E-state index is 0.0691. The second kappa shape index (κ2) is 5.29. The molecule has 1 fully saturated rings. The molecule has 1 aromatic carbocycles. The van der Waals surface area contributed by atoms with E-state index in [4.69, 9.17) is 0 Å². The molecule has 1 aliphatic rings. The Morgan fingerprint density at radius 3 is 2.95 bits per heavy atom. The molecule has 1 aromatic heterocycles. The van der Waals surface area contributed by atoms with E-state index in [1.165, 1.54) is 10.9 Å².